The van der Waals surface area contributed by atoms with Gasteiger partial charge in [0.1, 0.15) is 12.4 Å². The average Bonchev–Trinajstić information content (AvgIpc) is 2.83. The summed E-state index contributed by atoms with van der Waals surface area (Å²) in [5, 5.41) is 3.31. The van der Waals surface area contributed by atoms with Gasteiger partial charge in [-0.25, -0.2) is 9.79 Å². The minimum atomic E-state index is -0.410. The largest absolute Gasteiger partial charge is 0.370 e. The van der Waals surface area contributed by atoms with Gasteiger partial charge in [-0.2, -0.15) is 4.99 Å². The van der Waals surface area contributed by atoms with Crippen LogP contribution in [-0.4, -0.2) is 29.6 Å². The van der Waals surface area contributed by atoms with Crippen LogP contribution >= 0.6 is 12.4 Å². The van der Waals surface area contributed by atoms with Crippen molar-refractivity contribution in [2.24, 2.45) is 15.7 Å². The Morgan fingerprint density at radius 3 is 2.85 bits per heavy atom. The average molecular weight is 294 g/mol. The van der Waals surface area contributed by atoms with Crippen LogP contribution in [0.2, 0.25) is 0 Å². The number of aromatic nitrogens is 1. The van der Waals surface area contributed by atoms with Gasteiger partial charge in [-0.1, -0.05) is 18.2 Å². The Labute approximate surface area is 120 Å². The Hall–Kier alpha value is -2.63. The molecule has 0 unspecified atom stereocenters. The number of para-hydroxylation sites is 1. The number of H-pyrrole nitrogens is 1. The summed E-state index contributed by atoms with van der Waals surface area (Å²) in [6, 6.07) is 9.21. The molecular formula is C12H12ClN5O2. The number of hydrogen-bond donors (Lipinski definition) is 3. The number of aliphatic imine (C=N–C) groups is 2. The van der Waals surface area contributed by atoms with E-state index in [0.717, 1.165) is 10.9 Å². The van der Waals surface area contributed by atoms with Crippen LogP contribution < -0.4 is 11.1 Å². The Balaban J connectivity index is 0.00000200. The molecule has 0 saturated carbocycles. The molecule has 1 aromatic heterocycles. The summed E-state index contributed by atoms with van der Waals surface area (Å²) < 4.78 is 0. The summed E-state index contributed by atoms with van der Waals surface area (Å²) >= 11 is 0. The number of carbonyl (C=O) groups is 1. The number of amides is 1. The molecule has 7 nitrogen and oxygen atoms in total. The van der Waals surface area contributed by atoms with Crippen molar-refractivity contribution < 1.29 is 9.59 Å². The van der Waals surface area contributed by atoms with Gasteiger partial charge in [0.05, 0.1) is 0 Å². The highest BCUT2D eigenvalue weighted by atomic mass is 35.5. The Bertz CT molecular complexity index is 655. The van der Waals surface area contributed by atoms with Crippen LogP contribution in [0.15, 0.2) is 40.3 Å². The monoisotopic (exact) mass is 293 g/mol. The van der Waals surface area contributed by atoms with Crippen LogP contribution in [0.4, 0.5) is 0 Å². The van der Waals surface area contributed by atoms with Crippen molar-refractivity contribution in [3.63, 3.8) is 0 Å². The van der Waals surface area contributed by atoms with Gasteiger partial charge in [-0.3, -0.25) is 10.1 Å². The molecule has 20 heavy (non-hydrogen) atoms. The van der Waals surface area contributed by atoms with Gasteiger partial charge in [0.2, 0.25) is 6.08 Å². The van der Waals surface area contributed by atoms with E-state index in [1.54, 1.807) is 6.07 Å². The Kier molecular flexibility index (Phi) is 5.46. The fourth-order valence-electron chi connectivity index (χ4n) is 1.56. The molecule has 0 spiro atoms. The smallest absolute Gasteiger partial charge is 0.274 e. The summed E-state index contributed by atoms with van der Waals surface area (Å²) in [6.07, 6.45) is 1.32. The van der Waals surface area contributed by atoms with E-state index in [0.29, 0.717) is 5.69 Å². The number of nitrogens with one attached hydrogen (secondary N) is 2. The zero-order valence-electron chi connectivity index (χ0n) is 10.3. The number of halogens is 1. The van der Waals surface area contributed by atoms with Crippen molar-refractivity contribution in [1.82, 2.24) is 10.3 Å². The highest BCUT2D eigenvalue weighted by Crippen LogP contribution is 2.14. The number of nitrogens with two attached hydrogens (primary N) is 1. The fourth-order valence-corrected chi connectivity index (χ4v) is 1.56. The lowest BCUT2D eigenvalue weighted by Crippen LogP contribution is -2.37. The van der Waals surface area contributed by atoms with E-state index in [1.165, 1.54) is 6.08 Å². The molecule has 2 aromatic rings. The lowest BCUT2D eigenvalue weighted by Gasteiger charge is -2.01. The maximum Gasteiger partial charge on any atom is 0.274 e. The second-order valence-electron chi connectivity index (χ2n) is 3.66. The first-order valence-electron chi connectivity index (χ1n) is 5.43. The molecule has 0 radical (unpaired) electrons. The normalized spacial score (nSPS) is 10.5. The molecule has 0 bridgehead atoms. The first-order chi connectivity index (χ1) is 9.20. The van der Waals surface area contributed by atoms with Crippen LogP contribution in [0.5, 0.6) is 0 Å². The zero-order valence-corrected chi connectivity index (χ0v) is 11.1. The van der Waals surface area contributed by atoms with Crippen molar-refractivity contribution in [2.75, 3.05) is 6.67 Å². The fraction of sp³-hybridized carbons (Fsp3) is 0.0833. The molecule has 2 rings (SSSR count). The van der Waals surface area contributed by atoms with E-state index in [1.807, 2.05) is 24.3 Å². The molecule has 0 saturated heterocycles. The summed E-state index contributed by atoms with van der Waals surface area (Å²) in [5.41, 5.74) is 6.69. The van der Waals surface area contributed by atoms with Crippen molar-refractivity contribution >= 4 is 41.3 Å². The van der Waals surface area contributed by atoms with Gasteiger partial charge in [-0.15, -0.1) is 12.4 Å². The quantitative estimate of drug-likeness (QED) is 0.444. The van der Waals surface area contributed by atoms with Crippen molar-refractivity contribution in [1.29, 1.82) is 0 Å². The van der Waals surface area contributed by atoms with Crippen LogP contribution in [0, 0.1) is 0 Å². The predicted molar refractivity (Wildman–Crippen MR) is 77.6 cm³/mol. The molecule has 0 atom stereocenters. The highest BCUT2D eigenvalue weighted by Gasteiger charge is 2.09. The third kappa shape index (κ3) is 3.68. The minimum absolute atomic E-state index is 0. The van der Waals surface area contributed by atoms with Gasteiger partial charge in [-0.05, 0) is 12.1 Å². The molecule has 0 aliphatic carbocycles. The maximum absolute atomic E-state index is 11.8. The maximum atomic E-state index is 11.8. The molecule has 1 aromatic carbocycles. The van der Waals surface area contributed by atoms with E-state index >= 15 is 0 Å². The number of benzene rings is 1. The number of isocyanates is 1. The molecule has 0 fully saturated rings. The van der Waals surface area contributed by atoms with Gasteiger partial charge < -0.3 is 10.7 Å². The van der Waals surface area contributed by atoms with Crippen LogP contribution in [-0.2, 0) is 4.79 Å². The molecule has 0 aliphatic heterocycles. The molecule has 1 amide bonds. The first kappa shape index (κ1) is 15.4. The lowest BCUT2D eigenvalue weighted by atomic mass is 10.2. The Morgan fingerprint density at radius 1 is 1.40 bits per heavy atom. The van der Waals surface area contributed by atoms with E-state index in [9.17, 15) is 9.59 Å². The first-order valence-corrected chi connectivity index (χ1v) is 5.43. The SMILES string of the molecule is Cl.N/C(=N\CN=C=O)NC(=O)c1cc2ccccc2[nH]1. The molecular weight excluding hydrogens is 282 g/mol. The second kappa shape index (κ2) is 7.08. The number of aromatic amines is 1. The summed E-state index contributed by atoms with van der Waals surface area (Å²) in [5.74, 6) is -0.518. The summed E-state index contributed by atoms with van der Waals surface area (Å²) in [7, 11) is 0. The second-order valence-corrected chi connectivity index (χ2v) is 3.66. The van der Waals surface area contributed by atoms with Gasteiger partial charge in [0.25, 0.3) is 5.91 Å². The third-order valence-electron chi connectivity index (χ3n) is 2.39. The van der Waals surface area contributed by atoms with Crippen LogP contribution in [0.25, 0.3) is 10.9 Å². The number of guanidine groups is 1. The minimum Gasteiger partial charge on any atom is -0.370 e. The van der Waals surface area contributed by atoms with Gasteiger partial charge in [0.15, 0.2) is 5.96 Å². The predicted octanol–water partition coefficient (Wildman–Crippen LogP) is 0.927. The van der Waals surface area contributed by atoms with Gasteiger partial charge in [0, 0.05) is 10.9 Å². The molecule has 1 heterocycles. The zero-order chi connectivity index (χ0) is 13.7. The van der Waals surface area contributed by atoms with Crippen molar-refractivity contribution in [2.45, 2.75) is 0 Å². The van der Waals surface area contributed by atoms with Crippen molar-refractivity contribution in [3.8, 4) is 0 Å². The van der Waals surface area contributed by atoms with E-state index in [2.05, 4.69) is 20.3 Å². The lowest BCUT2D eigenvalue weighted by molar-refractivity contribution is 0.0972. The number of fused-ring (bicyclic) bond motifs is 1. The number of rotatable bonds is 3. The highest BCUT2D eigenvalue weighted by molar-refractivity contribution is 6.06. The molecule has 104 valence electrons. The number of carbonyl (C=O) groups excluding carboxylic acids is 2. The number of nitrogens with zero attached hydrogens (tertiary/aromatic N) is 2. The van der Waals surface area contributed by atoms with E-state index < -0.39 is 5.91 Å². The van der Waals surface area contributed by atoms with E-state index in [-0.39, 0.29) is 25.0 Å². The van der Waals surface area contributed by atoms with Crippen molar-refractivity contribution in [3.05, 3.63) is 36.0 Å². The Morgan fingerprint density at radius 2 is 2.15 bits per heavy atom. The van der Waals surface area contributed by atoms with Gasteiger partial charge >= 0.3 is 0 Å². The third-order valence-corrected chi connectivity index (χ3v) is 2.39. The van der Waals surface area contributed by atoms with Crippen LogP contribution in [0.1, 0.15) is 10.5 Å². The molecule has 0 aliphatic rings. The standard InChI is InChI=1S/C12H11N5O2.ClH/c13-12(15-6-14-7-18)17-11(19)10-5-8-3-1-2-4-9(8)16-10;/h1-5,16H,6H2,(H3,13,15,17,19);1H. The van der Waals surface area contributed by atoms with Crippen LogP contribution in [0.3, 0.4) is 0 Å². The summed E-state index contributed by atoms with van der Waals surface area (Å²) in [4.78, 5) is 31.5. The topological polar surface area (TPSA) is 113 Å². The number of hydrogen-bond acceptors (Lipinski definition) is 4. The van der Waals surface area contributed by atoms with E-state index in [4.69, 9.17) is 5.73 Å². The summed E-state index contributed by atoms with van der Waals surface area (Å²) in [6.45, 7) is -0.164. The molecule has 8 heteroatoms. The molecule has 4 N–H and O–H groups in total.